The molecule has 3 rings (SSSR count). The van der Waals surface area contributed by atoms with Crippen molar-refractivity contribution in [1.29, 1.82) is 5.26 Å². The molecule has 0 fully saturated rings. The first-order chi connectivity index (χ1) is 13.0. The molecule has 8 nitrogen and oxygen atoms in total. The van der Waals surface area contributed by atoms with Crippen LogP contribution < -0.4 is 15.0 Å². The summed E-state index contributed by atoms with van der Waals surface area (Å²) >= 11 is 0. The molecule has 1 unspecified atom stereocenters. The van der Waals surface area contributed by atoms with Crippen molar-refractivity contribution < 1.29 is 24.1 Å². The minimum absolute atomic E-state index is 0.00125. The number of Topliss-reactive ketones (excluding diaryl/α,β-unsaturated/α-hetero) is 1. The summed E-state index contributed by atoms with van der Waals surface area (Å²) in [5, 5.41) is 19.9. The quantitative estimate of drug-likeness (QED) is 0.792. The largest absolute Gasteiger partial charge is 0.494 e. The Labute approximate surface area is 155 Å². The van der Waals surface area contributed by atoms with Gasteiger partial charge in [0.1, 0.15) is 18.2 Å². The summed E-state index contributed by atoms with van der Waals surface area (Å²) in [6.07, 6.45) is -1.01. The van der Waals surface area contributed by atoms with Crippen LogP contribution >= 0.6 is 0 Å². The topological polar surface area (TPSA) is 111 Å². The number of methoxy groups -OCH3 is 1. The predicted octanol–water partition coefficient (Wildman–Crippen LogP) is 1.40. The lowest BCUT2D eigenvalue weighted by molar-refractivity contribution is 0.0580. The highest BCUT2D eigenvalue weighted by molar-refractivity contribution is 6.03. The zero-order valence-corrected chi connectivity index (χ0v) is 14.9. The van der Waals surface area contributed by atoms with Gasteiger partial charge < -0.3 is 19.3 Å². The molecule has 2 heterocycles. The van der Waals surface area contributed by atoms with E-state index in [2.05, 4.69) is 0 Å². The summed E-state index contributed by atoms with van der Waals surface area (Å²) in [5.41, 5.74) is -0.895. The maximum absolute atomic E-state index is 13.0. The molecule has 1 atom stereocenters. The number of aromatic hydroxyl groups is 1. The van der Waals surface area contributed by atoms with Gasteiger partial charge in [-0.25, -0.2) is 0 Å². The van der Waals surface area contributed by atoms with Crippen LogP contribution in [0.2, 0.25) is 0 Å². The van der Waals surface area contributed by atoms with Gasteiger partial charge in [0, 0.05) is 7.11 Å². The third-order valence-corrected chi connectivity index (χ3v) is 4.37. The Morgan fingerprint density at radius 1 is 1.41 bits per heavy atom. The lowest BCUT2D eigenvalue weighted by Crippen LogP contribution is -2.38. The number of carbonyl (C=O) groups is 1. The van der Waals surface area contributed by atoms with Crippen LogP contribution in [0, 0.1) is 18.3 Å². The number of nitrogens with zero attached hydrogens (tertiary/aromatic N) is 2. The van der Waals surface area contributed by atoms with Crippen LogP contribution in [0.5, 0.6) is 17.4 Å². The van der Waals surface area contributed by atoms with Crippen LogP contribution in [-0.2, 0) is 11.3 Å². The maximum Gasteiger partial charge on any atom is 0.271 e. The Morgan fingerprint density at radius 3 is 2.78 bits per heavy atom. The molecule has 1 aromatic carbocycles. The molecule has 0 amide bonds. The molecule has 0 saturated carbocycles. The first-order valence-corrected chi connectivity index (χ1v) is 8.27. The monoisotopic (exact) mass is 370 g/mol. The summed E-state index contributed by atoms with van der Waals surface area (Å²) in [6, 6.07) is 8.73. The predicted molar refractivity (Wildman–Crippen MR) is 94.4 cm³/mol. The number of hydrogen-bond donors (Lipinski definition) is 1. The summed E-state index contributed by atoms with van der Waals surface area (Å²) in [5.74, 6) is -0.152. The zero-order valence-electron chi connectivity index (χ0n) is 14.9. The fraction of sp³-hybridized carbons (Fsp3) is 0.316. The smallest absolute Gasteiger partial charge is 0.271 e. The third kappa shape index (κ3) is 3.25. The zero-order chi connectivity index (χ0) is 19.6. The number of para-hydroxylation sites is 2. The fourth-order valence-corrected chi connectivity index (χ4v) is 2.95. The van der Waals surface area contributed by atoms with Crippen LogP contribution in [0.25, 0.3) is 0 Å². The highest BCUT2D eigenvalue weighted by atomic mass is 16.6. The number of ether oxygens (including phenoxy) is 3. The van der Waals surface area contributed by atoms with Gasteiger partial charge in [0.25, 0.3) is 5.56 Å². The summed E-state index contributed by atoms with van der Waals surface area (Å²) < 4.78 is 17.1. The van der Waals surface area contributed by atoms with E-state index in [1.165, 1.54) is 14.0 Å². The SMILES string of the molecule is COCCn1c(O)c(C(=O)C2COc3ccccc3O2)c(C)c(C#N)c1=O. The molecule has 27 heavy (non-hydrogen) atoms. The third-order valence-electron chi connectivity index (χ3n) is 4.37. The van der Waals surface area contributed by atoms with Crippen molar-refractivity contribution in [2.75, 3.05) is 20.3 Å². The Hall–Kier alpha value is -3.31. The van der Waals surface area contributed by atoms with Gasteiger partial charge in [-0.05, 0) is 24.6 Å². The van der Waals surface area contributed by atoms with Gasteiger partial charge in [-0.3, -0.25) is 14.2 Å². The number of carbonyl (C=O) groups excluding carboxylic acids is 1. The van der Waals surface area contributed by atoms with Gasteiger partial charge in [-0.15, -0.1) is 0 Å². The molecule has 0 bridgehead atoms. The summed E-state index contributed by atoms with van der Waals surface area (Å²) in [6.45, 7) is 1.53. The number of ketones is 1. The molecule has 1 aromatic heterocycles. The fourth-order valence-electron chi connectivity index (χ4n) is 2.95. The Morgan fingerprint density at radius 2 is 2.11 bits per heavy atom. The molecule has 140 valence electrons. The van der Waals surface area contributed by atoms with Crippen molar-refractivity contribution >= 4 is 5.78 Å². The first kappa shape index (κ1) is 18.5. The average Bonchev–Trinajstić information content (AvgIpc) is 2.67. The normalized spacial score (nSPS) is 15.2. The van der Waals surface area contributed by atoms with E-state index in [9.17, 15) is 20.0 Å². The standard InChI is InChI=1S/C19H18N2O6/c1-11-12(9-20)18(23)21(7-8-25-2)19(24)16(11)17(22)15-10-26-13-5-3-4-6-14(13)27-15/h3-6,15,24H,7-8,10H2,1-2H3. The molecule has 1 N–H and O–H groups in total. The molecule has 1 aliphatic heterocycles. The second-order valence-electron chi connectivity index (χ2n) is 5.99. The van der Waals surface area contributed by atoms with Crippen molar-refractivity contribution in [3.8, 4) is 23.4 Å². The van der Waals surface area contributed by atoms with Gasteiger partial charge in [0.15, 0.2) is 17.6 Å². The number of fused-ring (bicyclic) bond motifs is 1. The van der Waals surface area contributed by atoms with Gasteiger partial charge in [-0.1, -0.05) is 12.1 Å². The lowest BCUT2D eigenvalue weighted by Gasteiger charge is -2.26. The van der Waals surface area contributed by atoms with Gasteiger partial charge in [0.2, 0.25) is 11.7 Å². The summed E-state index contributed by atoms with van der Waals surface area (Å²) in [4.78, 5) is 25.5. The molecule has 0 saturated heterocycles. The lowest BCUT2D eigenvalue weighted by atomic mass is 9.98. The Bertz CT molecular complexity index is 989. The number of pyridine rings is 1. The van der Waals surface area contributed by atoms with E-state index in [0.29, 0.717) is 11.5 Å². The van der Waals surface area contributed by atoms with E-state index < -0.39 is 23.3 Å². The number of benzene rings is 1. The van der Waals surface area contributed by atoms with Crippen LogP contribution in [0.1, 0.15) is 21.5 Å². The number of hydrogen-bond acceptors (Lipinski definition) is 7. The van der Waals surface area contributed by atoms with Crippen LogP contribution in [0.4, 0.5) is 0 Å². The number of rotatable bonds is 5. The maximum atomic E-state index is 13.0. The second-order valence-corrected chi connectivity index (χ2v) is 5.99. The van der Waals surface area contributed by atoms with E-state index in [1.807, 2.05) is 6.07 Å². The van der Waals surface area contributed by atoms with Crippen molar-refractivity contribution in [1.82, 2.24) is 4.57 Å². The molecule has 8 heteroatoms. The molecule has 0 radical (unpaired) electrons. The van der Waals surface area contributed by atoms with Crippen molar-refractivity contribution in [2.24, 2.45) is 0 Å². The van der Waals surface area contributed by atoms with Crippen molar-refractivity contribution in [3.63, 3.8) is 0 Å². The van der Waals surface area contributed by atoms with Gasteiger partial charge >= 0.3 is 0 Å². The minimum Gasteiger partial charge on any atom is -0.494 e. The Kier molecular flexibility index (Phi) is 5.14. The van der Waals surface area contributed by atoms with E-state index in [4.69, 9.17) is 14.2 Å². The van der Waals surface area contributed by atoms with E-state index in [0.717, 1.165) is 4.57 Å². The van der Waals surface area contributed by atoms with E-state index >= 15 is 0 Å². The second kappa shape index (κ2) is 7.51. The molecular weight excluding hydrogens is 352 g/mol. The Balaban J connectivity index is 2.04. The number of nitriles is 1. The van der Waals surface area contributed by atoms with Crippen LogP contribution in [-0.4, -0.2) is 41.9 Å². The van der Waals surface area contributed by atoms with Crippen molar-refractivity contribution in [3.05, 3.63) is 51.3 Å². The highest BCUT2D eigenvalue weighted by Gasteiger charge is 2.33. The number of aromatic nitrogens is 1. The van der Waals surface area contributed by atoms with Gasteiger partial charge in [0.05, 0.1) is 18.7 Å². The van der Waals surface area contributed by atoms with Crippen LogP contribution in [0.15, 0.2) is 29.1 Å². The molecular formula is C19H18N2O6. The minimum atomic E-state index is -1.01. The average molecular weight is 370 g/mol. The van der Waals surface area contributed by atoms with Crippen molar-refractivity contribution in [2.45, 2.75) is 19.6 Å². The molecule has 0 spiro atoms. The van der Waals surface area contributed by atoms with Gasteiger partial charge in [-0.2, -0.15) is 5.26 Å². The van der Waals surface area contributed by atoms with E-state index in [1.54, 1.807) is 24.3 Å². The van der Waals surface area contributed by atoms with E-state index in [-0.39, 0.29) is 36.4 Å². The summed E-state index contributed by atoms with van der Waals surface area (Å²) in [7, 11) is 1.44. The first-order valence-electron chi connectivity index (χ1n) is 8.27. The molecule has 2 aromatic rings. The molecule has 1 aliphatic rings. The van der Waals surface area contributed by atoms with Crippen LogP contribution in [0.3, 0.4) is 0 Å². The highest BCUT2D eigenvalue weighted by Crippen LogP contribution is 2.33. The molecule has 0 aliphatic carbocycles.